The number of rotatable bonds is 1. The summed E-state index contributed by atoms with van der Waals surface area (Å²) >= 11 is 0. The van der Waals surface area contributed by atoms with E-state index in [0.29, 0.717) is 11.5 Å². The van der Waals surface area contributed by atoms with Gasteiger partial charge in [0.2, 0.25) is 0 Å². The zero-order chi connectivity index (χ0) is 9.97. The molecule has 0 fully saturated rings. The molecular weight excluding hydrogens is 176 g/mol. The summed E-state index contributed by atoms with van der Waals surface area (Å²) in [5.41, 5.74) is 0.430. The topological polar surface area (TPSA) is 52.8 Å². The lowest BCUT2D eigenvalue weighted by atomic mass is 10.4. The monoisotopic (exact) mass is 186 g/mol. The van der Waals surface area contributed by atoms with Crippen LogP contribution >= 0.6 is 0 Å². The van der Waals surface area contributed by atoms with Crippen LogP contribution in [0.2, 0.25) is 0 Å². The predicted molar refractivity (Wildman–Crippen MR) is 52.8 cm³/mol. The van der Waals surface area contributed by atoms with Crippen LogP contribution in [0.1, 0.15) is 11.5 Å². The maximum absolute atomic E-state index is 8.75. The van der Waals surface area contributed by atoms with Crippen LogP contribution < -0.4 is 4.90 Å². The van der Waals surface area contributed by atoms with E-state index in [0.717, 1.165) is 18.9 Å². The Bertz CT molecular complexity index is 409. The molecular formula is C10H10N4. The molecule has 0 aromatic carbocycles. The summed E-state index contributed by atoms with van der Waals surface area (Å²) in [5, 5.41) is 8.75. The lowest BCUT2D eigenvalue weighted by molar-refractivity contribution is 0.927. The van der Waals surface area contributed by atoms with Gasteiger partial charge in [0.15, 0.2) is 0 Å². The van der Waals surface area contributed by atoms with Crippen LogP contribution in [0.15, 0.2) is 18.2 Å². The number of aryl methyl sites for hydroxylation is 1. The average molecular weight is 186 g/mol. The molecule has 1 aliphatic rings. The number of nitriles is 1. The highest BCUT2D eigenvalue weighted by atomic mass is 15.2. The SMILES string of the molecule is Cc1nc(C#N)cc(N2CC=CC2)n1. The van der Waals surface area contributed by atoms with E-state index in [9.17, 15) is 0 Å². The minimum absolute atomic E-state index is 0.430. The molecule has 1 aromatic heterocycles. The predicted octanol–water partition coefficient (Wildman–Crippen LogP) is 1.03. The van der Waals surface area contributed by atoms with Gasteiger partial charge in [-0.2, -0.15) is 5.26 Å². The number of hydrogen-bond donors (Lipinski definition) is 0. The zero-order valence-corrected chi connectivity index (χ0v) is 7.94. The van der Waals surface area contributed by atoms with Crippen LogP contribution in [0.4, 0.5) is 5.82 Å². The molecule has 2 rings (SSSR count). The molecule has 0 saturated carbocycles. The van der Waals surface area contributed by atoms with Crippen molar-refractivity contribution in [2.45, 2.75) is 6.92 Å². The Kier molecular flexibility index (Phi) is 2.15. The molecule has 0 amide bonds. The summed E-state index contributed by atoms with van der Waals surface area (Å²) < 4.78 is 0. The van der Waals surface area contributed by atoms with Gasteiger partial charge in [-0.1, -0.05) is 12.2 Å². The molecule has 1 aromatic rings. The Labute approximate surface area is 82.5 Å². The number of aromatic nitrogens is 2. The largest absolute Gasteiger partial charge is 0.349 e. The molecule has 0 aliphatic carbocycles. The molecule has 0 bridgehead atoms. The van der Waals surface area contributed by atoms with Crippen LogP contribution in [0.5, 0.6) is 0 Å². The second kappa shape index (κ2) is 3.46. The number of anilines is 1. The molecule has 1 aliphatic heterocycles. The summed E-state index contributed by atoms with van der Waals surface area (Å²) in [6, 6.07) is 3.76. The quantitative estimate of drug-likeness (QED) is 0.615. The van der Waals surface area contributed by atoms with Crippen LogP contribution in [-0.2, 0) is 0 Å². The standard InChI is InChI=1S/C10H10N4/c1-8-12-9(7-11)6-10(13-8)14-4-2-3-5-14/h2-3,6H,4-5H2,1H3. The van der Waals surface area contributed by atoms with Gasteiger partial charge in [-0.15, -0.1) is 0 Å². The first kappa shape index (κ1) is 8.70. The van der Waals surface area contributed by atoms with Gasteiger partial charge in [0.1, 0.15) is 23.4 Å². The van der Waals surface area contributed by atoms with E-state index >= 15 is 0 Å². The van der Waals surface area contributed by atoms with Crippen LogP contribution in [0.25, 0.3) is 0 Å². The van der Waals surface area contributed by atoms with E-state index in [2.05, 4.69) is 27.0 Å². The second-order valence-corrected chi connectivity index (χ2v) is 3.15. The fraction of sp³-hybridized carbons (Fsp3) is 0.300. The maximum Gasteiger partial charge on any atom is 0.146 e. The Hall–Kier alpha value is -1.89. The van der Waals surface area contributed by atoms with Crippen LogP contribution in [0.3, 0.4) is 0 Å². The van der Waals surface area contributed by atoms with Gasteiger partial charge in [0, 0.05) is 19.2 Å². The van der Waals surface area contributed by atoms with Gasteiger partial charge >= 0.3 is 0 Å². The minimum Gasteiger partial charge on any atom is -0.349 e. The minimum atomic E-state index is 0.430. The highest BCUT2D eigenvalue weighted by Crippen LogP contribution is 2.14. The van der Waals surface area contributed by atoms with E-state index < -0.39 is 0 Å². The van der Waals surface area contributed by atoms with Crippen molar-refractivity contribution < 1.29 is 0 Å². The fourth-order valence-electron chi connectivity index (χ4n) is 1.44. The Morgan fingerprint density at radius 2 is 2.07 bits per heavy atom. The van der Waals surface area contributed by atoms with Gasteiger partial charge in [0.05, 0.1) is 0 Å². The van der Waals surface area contributed by atoms with Crippen molar-refractivity contribution in [2.24, 2.45) is 0 Å². The molecule has 14 heavy (non-hydrogen) atoms. The molecule has 0 saturated heterocycles. The van der Waals surface area contributed by atoms with Crippen molar-refractivity contribution in [2.75, 3.05) is 18.0 Å². The molecule has 70 valence electrons. The first-order valence-corrected chi connectivity index (χ1v) is 4.45. The summed E-state index contributed by atoms with van der Waals surface area (Å²) in [5.74, 6) is 1.48. The molecule has 0 unspecified atom stereocenters. The van der Waals surface area contributed by atoms with Gasteiger partial charge in [-0.25, -0.2) is 9.97 Å². The van der Waals surface area contributed by atoms with Crippen molar-refractivity contribution in [1.82, 2.24) is 9.97 Å². The number of nitrogens with zero attached hydrogens (tertiary/aromatic N) is 4. The lowest BCUT2D eigenvalue weighted by Gasteiger charge is -2.16. The molecule has 4 nitrogen and oxygen atoms in total. The molecule has 2 heterocycles. The zero-order valence-electron chi connectivity index (χ0n) is 7.94. The van der Waals surface area contributed by atoms with Crippen molar-refractivity contribution in [1.29, 1.82) is 5.26 Å². The Morgan fingerprint density at radius 3 is 2.71 bits per heavy atom. The van der Waals surface area contributed by atoms with E-state index in [-0.39, 0.29) is 0 Å². The first-order valence-electron chi connectivity index (χ1n) is 4.45. The van der Waals surface area contributed by atoms with E-state index in [1.54, 1.807) is 13.0 Å². The van der Waals surface area contributed by atoms with Crippen molar-refractivity contribution in [3.8, 4) is 6.07 Å². The van der Waals surface area contributed by atoms with E-state index in [1.165, 1.54) is 0 Å². The Morgan fingerprint density at radius 1 is 1.36 bits per heavy atom. The lowest BCUT2D eigenvalue weighted by Crippen LogP contribution is -2.20. The van der Waals surface area contributed by atoms with Gasteiger partial charge in [0.25, 0.3) is 0 Å². The third-order valence-corrected chi connectivity index (χ3v) is 2.08. The normalized spacial score (nSPS) is 14.4. The molecule has 0 N–H and O–H groups in total. The van der Waals surface area contributed by atoms with E-state index in [1.807, 2.05) is 6.07 Å². The molecule has 4 heteroatoms. The van der Waals surface area contributed by atoms with Gasteiger partial charge < -0.3 is 4.90 Å². The Balaban J connectivity index is 2.34. The second-order valence-electron chi connectivity index (χ2n) is 3.15. The van der Waals surface area contributed by atoms with Crippen molar-refractivity contribution in [3.05, 3.63) is 29.7 Å². The molecule has 0 atom stereocenters. The highest BCUT2D eigenvalue weighted by Gasteiger charge is 2.10. The van der Waals surface area contributed by atoms with Crippen LogP contribution in [-0.4, -0.2) is 23.1 Å². The van der Waals surface area contributed by atoms with Gasteiger partial charge in [-0.05, 0) is 6.92 Å². The summed E-state index contributed by atoms with van der Waals surface area (Å²) in [4.78, 5) is 10.4. The van der Waals surface area contributed by atoms with Gasteiger partial charge in [-0.3, -0.25) is 0 Å². The maximum atomic E-state index is 8.75. The third kappa shape index (κ3) is 1.57. The third-order valence-electron chi connectivity index (χ3n) is 2.08. The number of hydrogen-bond acceptors (Lipinski definition) is 4. The van der Waals surface area contributed by atoms with E-state index in [4.69, 9.17) is 5.26 Å². The molecule has 0 spiro atoms. The summed E-state index contributed by atoms with van der Waals surface area (Å²) in [7, 11) is 0. The summed E-state index contributed by atoms with van der Waals surface area (Å²) in [6.45, 7) is 3.52. The summed E-state index contributed by atoms with van der Waals surface area (Å²) in [6.07, 6.45) is 4.17. The first-order chi connectivity index (χ1) is 6.79. The highest BCUT2D eigenvalue weighted by molar-refractivity contribution is 5.45. The smallest absolute Gasteiger partial charge is 0.146 e. The fourth-order valence-corrected chi connectivity index (χ4v) is 1.44. The molecule has 0 radical (unpaired) electrons. The van der Waals surface area contributed by atoms with Crippen molar-refractivity contribution >= 4 is 5.82 Å². The van der Waals surface area contributed by atoms with Crippen LogP contribution in [0, 0.1) is 18.3 Å². The average Bonchev–Trinajstić information content (AvgIpc) is 2.69. The van der Waals surface area contributed by atoms with Crippen molar-refractivity contribution in [3.63, 3.8) is 0 Å².